The van der Waals surface area contributed by atoms with E-state index < -0.39 is 17.5 Å². The number of benzene rings is 2. The van der Waals surface area contributed by atoms with Crippen LogP contribution >= 0.6 is 0 Å². The van der Waals surface area contributed by atoms with Gasteiger partial charge in [0, 0.05) is 23.4 Å². The van der Waals surface area contributed by atoms with Crippen molar-refractivity contribution < 1.29 is 18.3 Å². The number of pyridine rings is 1. The Morgan fingerprint density at radius 3 is 2.66 bits per heavy atom. The third-order valence-electron chi connectivity index (χ3n) is 4.21. The average Bonchev–Trinajstić information content (AvgIpc) is 2.69. The van der Waals surface area contributed by atoms with Crippen molar-refractivity contribution in [2.45, 2.75) is 19.9 Å². The van der Waals surface area contributed by atoms with Gasteiger partial charge in [-0.3, -0.25) is 9.78 Å². The van der Waals surface area contributed by atoms with Gasteiger partial charge >= 0.3 is 0 Å². The third-order valence-corrected chi connectivity index (χ3v) is 4.21. The van der Waals surface area contributed by atoms with Crippen molar-refractivity contribution in [1.82, 2.24) is 10.3 Å². The summed E-state index contributed by atoms with van der Waals surface area (Å²) in [5, 5.41) is 2.81. The Kier molecular flexibility index (Phi) is 6.34. The van der Waals surface area contributed by atoms with E-state index in [4.69, 9.17) is 4.74 Å². The van der Waals surface area contributed by atoms with Gasteiger partial charge < -0.3 is 10.1 Å². The number of carbonyl (C=O) groups is 1. The molecule has 1 N–H and O–H groups in total. The molecule has 1 atom stereocenters. The summed E-state index contributed by atoms with van der Waals surface area (Å²) < 4.78 is 32.4. The molecule has 6 heteroatoms. The Hall–Kier alpha value is -3.54. The Bertz CT molecular complexity index is 1030. The molecule has 0 aliphatic carbocycles. The molecule has 0 bridgehead atoms. The van der Waals surface area contributed by atoms with Crippen molar-refractivity contribution in [2.24, 2.45) is 0 Å². The van der Waals surface area contributed by atoms with Gasteiger partial charge in [-0.05, 0) is 61.9 Å². The van der Waals surface area contributed by atoms with Crippen LogP contribution in [-0.4, -0.2) is 10.9 Å². The van der Waals surface area contributed by atoms with Crippen LogP contribution in [0.15, 0.2) is 66.9 Å². The lowest BCUT2D eigenvalue weighted by Crippen LogP contribution is -2.24. The van der Waals surface area contributed by atoms with Crippen LogP contribution in [0.3, 0.4) is 0 Å². The second kappa shape index (κ2) is 9.10. The average molecular weight is 394 g/mol. The summed E-state index contributed by atoms with van der Waals surface area (Å²) in [4.78, 5) is 16.3. The Labute approximate surface area is 167 Å². The van der Waals surface area contributed by atoms with Crippen molar-refractivity contribution in [1.29, 1.82) is 0 Å². The SMILES string of the molecule is Cc1ccc(Oc2cccc([C@H](C)NC(=O)C=Cc3ccc(F)cc3F)c2)cn1. The van der Waals surface area contributed by atoms with E-state index in [1.165, 1.54) is 18.2 Å². The van der Waals surface area contributed by atoms with Gasteiger partial charge in [0.2, 0.25) is 5.91 Å². The molecule has 1 heterocycles. The van der Waals surface area contributed by atoms with Gasteiger partial charge in [-0.2, -0.15) is 0 Å². The normalized spacial score (nSPS) is 12.0. The Morgan fingerprint density at radius 1 is 1.10 bits per heavy atom. The summed E-state index contributed by atoms with van der Waals surface area (Å²) in [7, 11) is 0. The predicted molar refractivity (Wildman–Crippen MR) is 107 cm³/mol. The summed E-state index contributed by atoms with van der Waals surface area (Å²) in [6.45, 7) is 3.73. The molecular weight excluding hydrogens is 374 g/mol. The summed E-state index contributed by atoms with van der Waals surface area (Å²) in [5.41, 5.74) is 1.88. The predicted octanol–water partition coefficient (Wildman–Crippen LogP) is 5.35. The summed E-state index contributed by atoms with van der Waals surface area (Å²) in [5.74, 6) is -0.541. The van der Waals surface area contributed by atoms with E-state index in [1.807, 2.05) is 50.2 Å². The van der Waals surface area contributed by atoms with Gasteiger partial charge in [-0.15, -0.1) is 0 Å². The first kappa shape index (κ1) is 20.2. The van der Waals surface area contributed by atoms with Crippen molar-refractivity contribution >= 4 is 12.0 Å². The summed E-state index contributed by atoms with van der Waals surface area (Å²) in [6.07, 6.45) is 4.17. The van der Waals surface area contributed by atoms with Crippen LogP contribution in [0.2, 0.25) is 0 Å². The lowest BCUT2D eigenvalue weighted by molar-refractivity contribution is -0.117. The highest BCUT2D eigenvalue weighted by Crippen LogP contribution is 2.24. The maximum Gasteiger partial charge on any atom is 0.244 e. The molecule has 29 heavy (non-hydrogen) atoms. The minimum absolute atomic E-state index is 0.135. The fourth-order valence-corrected chi connectivity index (χ4v) is 2.65. The number of nitrogens with one attached hydrogen (secondary N) is 1. The van der Waals surface area contributed by atoms with Crippen LogP contribution in [0.5, 0.6) is 11.5 Å². The van der Waals surface area contributed by atoms with Crippen LogP contribution in [0.4, 0.5) is 8.78 Å². The van der Waals surface area contributed by atoms with E-state index in [-0.39, 0.29) is 11.6 Å². The van der Waals surface area contributed by atoms with Crippen LogP contribution in [-0.2, 0) is 4.79 Å². The molecule has 0 aliphatic rings. The number of hydrogen-bond donors (Lipinski definition) is 1. The second-order valence-electron chi connectivity index (χ2n) is 6.54. The minimum atomic E-state index is -0.724. The first-order valence-electron chi connectivity index (χ1n) is 9.05. The number of rotatable bonds is 6. The third kappa shape index (κ3) is 5.72. The van der Waals surface area contributed by atoms with Crippen LogP contribution in [0, 0.1) is 18.6 Å². The lowest BCUT2D eigenvalue weighted by atomic mass is 10.1. The molecule has 0 saturated heterocycles. The maximum atomic E-state index is 13.6. The molecule has 0 fully saturated rings. The fourth-order valence-electron chi connectivity index (χ4n) is 2.65. The first-order valence-corrected chi connectivity index (χ1v) is 9.05. The van der Waals surface area contributed by atoms with Crippen molar-refractivity contribution in [3.8, 4) is 11.5 Å². The highest BCUT2D eigenvalue weighted by atomic mass is 19.1. The second-order valence-corrected chi connectivity index (χ2v) is 6.54. The van der Waals surface area contributed by atoms with Crippen molar-refractivity contribution in [3.63, 3.8) is 0 Å². The molecule has 1 amide bonds. The maximum absolute atomic E-state index is 13.6. The van der Waals surface area contributed by atoms with Gasteiger partial charge in [0.15, 0.2) is 0 Å². The quantitative estimate of drug-likeness (QED) is 0.573. The van der Waals surface area contributed by atoms with E-state index in [2.05, 4.69) is 10.3 Å². The molecular formula is C23H20F2N2O2. The van der Waals surface area contributed by atoms with Gasteiger partial charge in [-0.1, -0.05) is 12.1 Å². The summed E-state index contributed by atoms with van der Waals surface area (Å²) >= 11 is 0. The largest absolute Gasteiger partial charge is 0.456 e. The molecule has 3 rings (SSSR count). The molecule has 3 aromatic rings. The van der Waals surface area contributed by atoms with E-state index >= 15 is 0 Å². The zero-order valence-corrected chi connectivity index (χ0v) is 16.0. The lowest BCUT2D eigenvalue weighted by Gasteiger charge is -2.14. The van der Waals surface area contributed by atoms with E-state index in [1.54, 1.807) is 6.20 Å². The molecule has 1 aromatic heterocycles. The summed E-state index contributed by atoms with van der Waals surface area (Å²) in [6, 6.07) is 13.9. The zero-order valence-electron chi connectivity index (χ0n) is 16.0. The van der Waals surface area contributed by atoms with Crippen LogP contribution in [0.25, 0.3) is 6.08 Å². The van der Waals surface area contributed by atoms with Gasteiger partial charge in [0.1, 0.15) is 23.1 Å². The molecule has 0 aliphatic heterocycles. The van der Waals surface area contributed by atoms with Crippen molar-refractivity contribution in [2.75, 3.05) is 0 Å². The minimum Gasteiger partial charge on any atom is -0.456 e. The number of carbonyl (C=O) groups excluding carboxylic acids is 1. The first-order chi connectivity index (χ1) is 13.9. The highest BCUT2D eigenvalue weighted by Gasteiger charge is 2.09. The van der Waals surface area contributed by atoms with E-state index in [9.17, 15) is 13.6 Å². The molecule has 0 saturated carbocycles. The van der Waals surface area contributed by atoms with Gasteiger partial charge in [0.05, 0.1) is 12.2 Å². The highest BCUT2D eigenvalue weighted by molar-refractivity contribution is 5.92. The fraction of sp³-hybridized carbons (Fsp3) is 0.130. The molecule has 2 aromatic carbocycles. The zero-order chi connectivity index (χ0) is 20.8. The molecule has 4 nitrogen and oxygen atoms in total. The van der Waals surface area contributed by atoms with Gasteiger partial charge in [-0.25, -0.2) is 8.78 Å². The van der Waals surface area contributed by atoms with E-state index in [0.29, 0.717) is 11.5 Å². The van der Waals surface area contributed by atoms with Crippen LogP contribution < -0.4 is 10.1 Å². The number of aryl methyl sites for hydroxylation is 1. The number of halogens is 2. The van der Waals surface area contributed by atoms with Crippen LogP contribution in [0.1, 0.15) is 29.8 Å². The smallest absolute Gasteiger partial charge is 0.244 e. The molecule has 0 radical (unpaired) electrons. The number of nitrogens with zero attached hydrogens (tertiary/aromatic N) is 1. The molecule has 0 unspecified atom stereocenters. The Morgan fingerprint density at radius 2 is 1.93 bits per heavy atom. The number of amides is 1. The topological polar surface area (TPSA) is 51.2 Å². The van der Waals surface area contributed by atoms with Crippen molar-refractivity contribution in [3.05, 3.63) is 95.3 Å². The number of aromatic nitrogens is 1. The Balaban J connectivity index is 1.63. The van der Waals surface area contributed by atoms with Gasteiger partial charge in [0.25, 0.3) is 0 Å². The standard InChI is InChI=1S/C23H20F2N2O2/c1-15-6-10-21(14-26-15)29-20-5-3-4-18(12-20)16(2)27-23(28)11-8-17-7-9-19(24)13-22(17)25/h3-14,16H,1-2H3,(H,27,28)/t16-/m0/s1. The number of hydrogen-bond acceptors (Lipinski definition) is 3. The molecule has 0 spiro atoms. The van der Waals surface area contributed by atoms with E-state index in [0.717, 1.165) is 23.4 Å². The number of ether oxygens (including phenoxy) is 1. The molecule has 148 valence electrons. The monoisotopic (exact) mass is 394 g/mol.